The number of aliphatic imine (C=N–C) groups is 1. The fourth-order valence-electron chi connectivity index (χ4n) is 3.65. The Balaban J connectivity index is 1.83. The highest BCUT2D eigenvalue weighted by molar-refractivity contribution is 7.99. The van der Waals surface area contributed by atoms with Crippen molar-refractivity contribution in [3.63, 3.8) is 0 Å². The van der Waals surface area contributed by atoms with Crippen LogP contribution in [-0.2, 0) is 10.0 Å². The lowest BCUT2D eigenvalue weighted by atomic mass is 9.95. The topological polar surface area (TPSA) is 73.8 Å². The van der Waals surface area contributed by atoms with E-state index in [9.17, 15) is 8.42 Å². The third kappa shape index (κ3) is 6.98. The Morgan fingerprint density at radius 2 is 1.96 bits per heavy atom. The summed E-state index contributed by atoms with van der Waals surface area (Å²) >= 11 is 1.97. The van der Waals surface area contributed by atoms with E-state index in [-0.39, 0.29) is 0 Å². The average molecular weight is 391 g/mol. The van der Waals surface area contributed by atoms with Gasteiger partial charge in [-0.25, -0.2) is 12.7 Å². The van der Waals surface area contributed by atoms with Crippen molar-refractivity contribution >= 4 is 27.7 Å². The molecule has 146 valence electrons. The van der Waals surface area contributed by atoms with Crippen LogP contribution in [0.25, 0.3) is 0 Å². The molecule has 0 aromatic heterocycles. The van der Waals surface area contributed by atoms with Gasteiger partial charge in [-0.05, 0) is 51.2 Å². The van der Waals surface area contributed by atoms with Crippen LogP contribution in [0.1, 0.15) is 45.4 Å². The van der Waals surface area contributed by atoms with Gasteiger partial charge in [0.25, 0.3) is 0 Å². The Morgan fingerprint density at radius 3 is 2.56 bits per heavy atom. The minimum absolute atomic E-state index is 0.471. The molecule has 2 aliphatic rings. The van der Waals surface area contributed by atoms with Gasteiger partial charge in [-0.3, -0.25) is 4.99 Å². The first-order valence-corrected chi connectivity index (χ1v) is 12.6. The first-order chi connectivity index (χ1) is 11.9. The maximum Gasteiger partial charge on any atom is 0.211 e. The van der Waals surface area contributed by atoms with Crippen LogP contribution in [0.4, 0.5) is 0 Å². The summed E-state index contributed by atoms with van der Waals surface area (Å²) < 4.78 is 24.8. The number of hydrogen-bond donors (Lipinski definition) is 2. The number of guanidine groups is 1. The predicted octanol–water partition coefficient (Wildman–Crippen LogP) is 1.89. The maximum absolute atomic E-state index is 11.6. The van der Waals surface area contributed by atoms with Crippen LogP contribution in [-0.4, -0.2) is 68.7 Å². The van der Waals surface area contributed by atoms with Gasteiger partial charge in [-0.1, -0.05) is 6.42 Å². The molecule has 1 aliphatic heterocycles. The van der Waals surface area contributed by atoms with Crippen molar-refractivity contribution < 1.29 is 8.42 Å². The molecule has 8 heteroatoms. The van der Waals surface area contributed by atoms with Crippen molar-refractivity contribution in [2.24, 2.45) is 10.9 Å². The largest absolute Gasteiger partial charge is 0.357 e. The van der Waals surface area contributed by atoms with Gasteiger partial charge in [0.2, 0.25) is 10.0 Å². The Kier molecular flexibility index (Phi) is 8.35. The fourth-order valence-corrected chi connectivity index (χ4v) is 5.35. The molecule has 6 nitrogen and oxygen atoms in total. The van der Waals surface area contributed by atoms with Gasteiger partial charge < -0.3 is 10.6 Å². The van der Waals surface area contributed by atoms with Crippen molar-refractivity contribution in [1.29, 1.82) is 0 Å². The first kappa shape index (κ1) is 20.8. The summed E-state index contributed by atoms with van der Waals surface area (Å²) in [6.07, 6.45) is 10.3. The molecule has 0 amide bonds. The second-order valence-electron chi connectivity index (χ2n) is 7.19. The summed E-state index contributed by atoms with van der Waals surface area (Å²) in [5.41, 5.74) is 0. The Morgan fingerprint density at radius 1 is 1.24 bits per heavy atom. The normalized spacial score (nSPS) is 27.2. The monoisotopic (exact) mass is 390 g/mol. The number of sulfonamides is 1. The molecule has 0 spiro atoms. The third-order valence-corrected chi connectivity index (χ3v) is 7.59. The van der Waals surface area contributed by atoms with E-state index < -0.39 is 10.0 Å². The van der Waals surface area contributed by atoms with Crippen molar-refractivity contribution in [3.05, 3.63) is 0 Å². The minimum atomic E-state index is -3.05. The van der Waals surface area contributed by atoms with Crippen LogP contribution in [0.15, 0.2) is 4.99 Å². The van der Waals surface area contributed by atoms with Crippen LogP contribution in [0.2, 0.25) is 0 Å². The van der Waals surface area contributed by atoms with Crippen LogP contribution < -0.4 is 10.6 Å². The molecular formula is C17H34N4O2S2. The molecule has 1 aliphatic carbocycles. The van der Waals surface area contributed by atoms with Gasteiger partial charge >= 0.3 is 0 Å². The van der Waals surface area contributed by atoms with Crippen LogP contribution in [0, 0.1) is 5.92 Å². The number of rotatable bonds is 6. The Hall–Kier alpha value is -0.470. The smallest absolute Gasteiger partial charge is 0.211 e. The lowest BCUT2D eigenvalue weighted by molar-refractivity contribution is 0.280. The molecule has 2 rings (SSSR count). The molecule has 2 unspecified atom stereocenters. The van der Waals surface area contributed by atoms with E-state index in [1.54, 1.807) is 4.31 Å². The van der Waals surface area contributed by atoms with Gasteiger partial charge in [0.1, 0.15) is 0 Å². The molecule has 2 atom stereocenters. The zero-order chi connectivity index (χ0) is 18.3. The molecule has 2 fully saturated rings. The Bertz CT molecular complexity index is 531. The minimum Gasteiger partial charge on any atom is -0.357 e. The summed E-state index contributed by atoms with van der Waals surface area (Å²) in [4.78, 5) is 4.79. The lowest BCUT2D eigenvalue weighted by Gasteiger charge is -2.31. The number of nitrogens with zero attached hydrogens (tertiary/aromatic N) is 2. The molecule has 1 saturated heterocycles. The summed E-state index contributed by atoms with van der Waals surface area (Å²) in [7, 11) is -3.05. The van der Waals surface area contributed by atoms with E-state index >= 15 is 0 Å². The molecule has 2 N–H and O–H groups in total. The van der Waals surface area contributed by atoms with E-state index in [4.69, 9.17) is 4.99 Å². The SMILES string of the molecule is CCNC(=NCC1CCN(S(C)(=O)=O)CC1)NC1CCCC(SC)C1. The first-order valence-electron chi connectivity index (χ1n) is 9.45. The van der Waals surface area contributed by atoms with Crippen LogP contribution in [0.3, 0.4) is 0 Å². The van der Waals surface area contributed by atoms with Gasteiger partial charge in [-0.15, -0.1) is 0 Å². The maximum atomic E-state index is 11.6. The van der Waals surface area contributed by atoms with E-state index in [1.807, 2.05) is 11.8 Å². The zero-order valence-corrected chi connectivity index (χ0v) is 17.5. The van der Waals surface area contributed by atoms with Gasteiger partial charge in [0.15, 0.2) is 5.96 Å². The third-order valence-electron chi connectivity index (χ3n) is 5.19. The van der Waals surface area contributed by atoms with E-state index in [2.05, 4.69) is 23.8 Å². The van der Waals surface area contributed by atoms with Crippen LogP contribution in [0.5, 0.6) is 0 Å². The highest BCUT2D eigenvalue weighted by atomic mass is 32.2. The van der Waals surface area contributed by atoms with E-state index in [0.717, 1.165) is 37.1 Å². The summed E-state index contributed by atoms with van der Waals surface area (Å²) in [5, 5.41) is 7.73. The van der Waals surface area contributed by atoms with Gasteiger partial charge in [-0.2, -0.15) is 11.8 Å². The molecule has 0 aromatic carbocycles. The molecule has 0 radical (unpaired) electrons. The standard InChI is InChI=1S/C17H34N4O2S2/c1-4-18-17(20-15-6-5-7-16(12-15)24-2)19-13-14-8-10-21(11-9-14)25(3,22)23/h14-16H,4-13H2,1-3H3,(H2,18,19,20). The molecule has 1 heterocycles. The quantitative estimate of drug-likeness (QED) is 0.535. The predicted molar refractivity (Wildman–Crippen MR) is 108 cm³/mol. The highest BCUT2D eigenvalue weighted by Gasteiger charge is 2.25. The number of piperidine rings is 1. The molecule has 25 heavy (non-hydrogen) atoms. The van der Waals surface area contributed by atoms with Crippen molar-refractivity contribution in [3.8, 4) is 0 Å². The highest BCUT2D eigenvalue weighted by Crippen LogP contribution is 2.27. The second kappa shape index (κ2) is 10.0. The number of nitrogens with one attached hydrogen (secondary N) is 2. The number of thioether (sulfide) groups is 1. The molecule has 0 bridgehead atoms. The van der Waals surface area contributed by atoms with Crippen LogP contribution >= 0.6 is 11.8 Å². The number of hydrogen-bond acceptors (Lipinski definition) is 4. The lowest BCUT2D eigenvalue weighted by Crippen LogP contribution is -2.46. The van der Waals surface area contributed by atoms with E-state index in [1.165, 1.54) is 31.9 Å². The van der Waals surface area contributed by atoms with Crippen molar-refractivity contribution in [1.82, 2.24) is 14.9 Å². The Labute approximate surface area is 157 Å². The van der Waals surface area contributed by atoms with Crippen molar-refractivity contribution in [2.75, 3.05) is 38.7 Å². The molecular weight excluding hydrogens is 356 g/mol. The van der Waals surface area contributed by atoms with Crippen molar-refractivity contribution in [2.45, 2.75) is 56.7 Å². The summed E-state index contributed by atoms with van der Waals surface area (Å²) in [6.45, 7) is 4.97. The molecule has 0 aromatic rings. The zero-order valence-electron chi connectivity index (χ0n) is 15.8. The molecule has 1 saturated carbocycles. The average Bonchev–Trinajstić information content (AvgIpc) is 2.59. The fraction of sp³-hybridized carbons (Fsp3) is 0.941. The van der Waals surface area contributed by atoms with Gasteiger partial charge in [0.05, 0.1) is 6.26 Å². The second-order valence-corrected chi connectivity index (χ2v) is 10.3. The summed E-state index contributed by atoms with van der Waals surface area (Å²) in [6, 6.07) is 0.510. The van der Waals surface area contributed by atoms with E-state index in [0.29, 0.717) is 25.0 Å². The van der Waals surface area contributed by atoms with Gasteiger partial charge in [0, 0.05) is 37.5 Å². The summed E-state index contributed by atoms with van der Waals surface area (Å²) in [5.74, 6) is 1.39.